The summed E-state index contributed by atoms with van der Waals surface area (Å²) in [4.78, 5) is 25.4. The van der Waals surface area contributed by atoms with Gasteiger partial charge in [-0.3, -0.25) is 9.78 Å². The first-order valence-electron chi connectivity index (χ1n) is 8.99. The Morgan fingerprint density at radius 1 is 0.963 bits per heavy atom. The molecule has 0 aliphatic carbocycles. The minimum Gasteiger partial charge on any atom is -0.363 e. The maximum atomic E-state index is 13.2. The number of carbonyl (C=O) groups excluding carboxylic acids is 1. The Morgan fingerprint density at radius 2 is 1.74 bits per heavy atom. The second-order valence-electron chi connectivity index (χ2n) is 6.62. The molecule has 0 radical (unpaired) electrons. The van der Waals surface area contributed by atoms with Crippen molar-refractivity contribution < 1.29 is 4.79 Å². The molecule has 0 unspecified atom stereocenters. The first-order valence-corrected chi connectivity index (χ1v) is 8.99. The van der Waals surface area contributed by atoms with E-state index in [0.717, 1.165) is 17.8 Å². The van der Waals surface area contributed by atoms with Gasteiger partial charge in [0.25, 0.3) is 5.91 Å². The average Bonchev–Trinajstić information content (AvgIpc) is 2.72. The van der Waals surface area contributed by atoms with Crippen molar-refractivity contribution in [3.63, 3.8) is 0 Å². The van der Waals surface area contributed by atoms with E-state index in [0.29, 0.717) is 18.7 Å². The largest absolute Gasteiger partial charge is 0.363 e. The number of aromatic nitrogens is 2. The summed E-state index contributed by atoms with van der Waals surface area (Å²) in [6.45, 7) is 1.16. The number of rotatable bonds is 7. The first-order chi connectivity index (χ1) is 13.1. The standard InChI is InChI=1S/C22H24N4O/c1-25(2)21-15-20(10-13-24-21)22(27)26(17-19-9-6-12-23-16-19)14-11-18-7-4-3-5-8-18/h3-10,12-13,15-16H,11,14,17H2,1-2H3. The molecular formula is C22H24N4O. The van der Waals surface area contributed by atoms with Crippen molar-refractivity contribution in [2.45, 2.75) is 13.0 Å². The molecule has 3 rings (SSSR count). The maximum Gasteiger partial charge on any atom is 0.254 e. The van der Waals surface area contributed by atoms with Gasteiger partial charge in [-0.2, -0.15) is 0 Å². The minimum absolute atomic E-state index is 0.000263. The van der Waals surface area contributed by atoms with Crippen LogP contribution < -0.4 is 4.90 Å². The highest BCUT2D eigenvalue weighted by Gasteiger charge is 2.17. The highest BCUT2D eigenvalue weighted by Crippen LogP contribution is 2.15. The van der Waals surface area contributed by atoms with Crippen LogP contribution in [0.25, 0.3) is 0 Å². The second kappa shape index (κ2) is 8.94. The van der Waals surface area contributed by atoms with Crippen LogP contribution in [-0.4, -0.2) is 41.4 Å². The summed E-state index contributed by atoms with van der Waals surface area (Å²) in [5, 5.41) is 0. The number of hydrogen-bond donors (Lipinski definition) is 0. The van der Waals surface area contributed by atoms with Crippen molar-refractivity contribution in [2.75, 3.05) is 25.5 Å². The number of hydrogen-bond acceptors (Lipinski definition) is 4. The molecule has 2 aromatic heterocycles. The minimum atomic E-state index is 0.000263. The van der Waals surface area contributed by atoms with Gasteiger partial charge in [-0.15, -0.1) is 0 Å². The average molecular weight is 360 g/mol. The molecule has 138 valence electrons. The molecule has 27 heavy (non-hydrogen) atoms. The van der Waals surface area contributed by atoms with Gasteiger partial charge in [0.15, 0.2) is 0 Å². The molecule has 0 aliphatic heterocycles. The number of anilines is 1. The molecule has 5 nitrogen and oxygen atoms in total. The summed E-state index contributed by atoms with van der Waals surface area (Å²) in [5.41, 5.74) is 2.87. The van der Waals surface area contributed by atoms with Crippen LogP contribution >= 0.6 is 0 Å². The van der Waals surface area contributed by atoms with Crippen molar-refractivity contribution in [3.8, 4) is 0 Å². The summed E-state index contributed by atoms with van der Waals surface area (Å²) in [7, 11) is 3.83. The number of carbonyl (C=O) groups is 1. The fourth-order valence-electron chi connectivity index (χ4n) is 2.85. The molecule has 0 saturated carbocycles. The van der Waals surface area contributed by atoms with Crippen LogP contribution in [0.1, 0.15) is 21.5 Å². The Kier molecular flexibility index (Phi) is 6.15. The SMILES string of the molecule is CN(C)c1cc(C(=O)N(CCc2ccccc2)Cc2cccnc2)ccn1. The normalized spacial score (nSPS) is 10.4. The number of benzene rings is 1. The van der Waals surface area contributed by atoms with Crippen LogP contribution in [0.5, 0.6) is 0 Å². The van der Waals surface area contributed by atoms with Crippen molar-refractivity contribution in [3.05, 3.63) is 89.9 Å². The van der Waals surface area contributed by atoms with E-state index >= 15 is 0 Å². The third kappa shape index (κ3) is 5.14. The van der Waals surface area contributed by atoms with Crippen LogP contribution in [0.2, 0.25) is 0 Å². The van der Waals surface area contributed by atoms with Gasteiger partial charge in [0.2, 0.25) is 0 Å². The molecule has 1 amide bonds. The van der Waals surface area contributed by atoms with Gasteiger partial charge in [0.1, 0.15) is 5.82 Å². The van der Waals surface area contributed by atoms with Crippen LogP contribution in [0, 0.1) is 0 Å². The van der Waals surface area contributed by atoms with Crippen LogP contribution in [0.3, 0.4) is 0 Å². The molecule has 5 heteroatoms. The van der Waals surface area contributed by atoms with Gasteiger partial charge < -0.3 is 9.80 Å². The van der Waals surface area contributed by atoms with Crippen LogP contribution in [0.4, 0.5) is 5.82 Å². The van der Waals surface area contributed by atoms with Gasteiger partial charge in [-0.1, -0.05) is 36.4 Å². The molecule has 2 heterocycles. The lowest BCUT2D eigenvalue weighted by Crippen LogP contribution is -2.32. The Balaban J connectivity index is 1.81. The maximum absolute atomic E-state index is 13.2. The van der Waals surface area contributed by atoms with E-state index in [9.17, 15) is 4.79 Å². The van der Waals surface area contributed by atoms with Gasteiger partial charge in [-0.25, -0.2) is 4.98 Å². The molecule has 0 aliphatic rings. The van der Waals surface area contributed by atoms with Crippen molar-refractivity contribution in [1.29, 1.82) is 0 Å². The van der Waals surface area contributed by atoms with Gasteiger partial charge in [0, 0.05) is 51.3 Å². The zero-order chi connectivity index (χ0) is 19.1. The van der Waals surface area contributed by atoms with Gasteiger partial charge >= 0.3 is 0 Å². The van der Waals surface area contributed by atoms with E-state index in [1.807, 2.05) is 60.3 Å². The van der Waals surface area contributed by atoms with Crippen LogP contribution in [0.15, 0.2) is 73.2 Å². The number of pyridine rings is 2. The lowest BCUT2D eigenvalue weighted by molar-refractivity contribution is 0.0745. The monoisotopic (exact) mass is 360 g/mol. The molecular weight excluding hydrogens is 336 g/mol. The molecule has 0 bridgehead atoms. The third-order valence-electron chi connectivity index (χ3n) is 4.35. The smallest absolute Gasteiger partial charge is 0.254 e. The van der Waals surface area contributed by atoms with E-state index < -0.39 is 0 Å². The Hall–Kier alpha value is -3.21. The molecule has 1 aromatic carbocycles. The summed E-state index contributed by atoms with van der Waals surface area (Å²) in [6, 6.07) is 17.7. The topological polar surface area (TPSA) is 49.3 Å². The number of amides is 1. The Morgan fingerprint density at radius 3 is 2.44 bits per heavy atom. The first kappa shape index (κ1) is 18.6. The highest BCUT2D eigenvalue weighted by molar-refractivity contribution is 5.94. The summed E-state index contributed by atoms with van der Waals surface area (Å²) in [6.07, 6.45) is 6.03. The Bertz CT molecular complexity index is 866. The van der Waals surface area contributed by atoms with Gasteiger partial charge in [-0.05, 0) is 35.7 Å². The molecule has 0 atom stereocenters. The van der Waals surface area contributed by atoms with E-state index in [1.165, 1.54) is 5.56 Å². The summed E-state index contributed by atoms with van der Waals surface area (Å²) in [5.74, 6) is 0.769. The van der Waals surface area contributed by atoms with E-state index in [1.54, 1.807) is 24.7 Å². The molecule has 0 saturated heterocycles. The number of nitrogens with zero attached hydrogens (tertiary/aromatic N) is 4. The quantitative estimate of drug-likeness (QED) is 0.648. The van der Waals surface area contributed by atoms with E-state index in [2.05, 4.69) is 22.1 Å². The lowest BCUT2D eigenvalue weighted by Gasteiger charge is -2.23. The van der Waals surface area contributed by atoms with E-state index in [-0.39, 0.29) is 5.91 Å². The second-order valence-corrected chi connectivity index (χ2v) is 6.62. The highest BCUT2D eigenvalue weighted by atomic mass is 16.2. The zero-order valence-corrected chi connectivity index (χ0v) is 15.7. The summed E-state index contributed by atoms with van der Waals surface area (Å²) < 4.78 is 0. The van der Waals surface area contributed by atoms with Crippen molar-refractivity contribution >= 4 is 11.7 Å². The van der Waals surface area contributed by atoms with Crippen molar-refractivity contribution in [1.82, 2.24) is 14.9 Å². The third-order valence-corrected chi connectivity index (χ3v) is 4.35. The lowest BCUT2D eigenvalue weighted by atomic mass is 10.1. The molecule has 0 spiro atoms. The predicted molar refractivity (Wildman–Crippen MR) is 108 cm³/mol. The summed E-state index contributed by atoms with van der Waals surface area (Å²) >= 11 is 0. The van der Waals surface area contributed by atoms with Gasteiger partial charge in [0.05, 0.1) is 0 Å². The molecule has 3 aromatic rings. The van der Waals surface area contributed by atoms with E-state index in [4.69, 9.17) is 0 Å². The zero-order valence-electron chi connectivity index (χ0n) is 15.7. The predicted octanol–water partition coefficient (Wildman–Crippen LogP) is 3.43. The fourth-order valence-corrected chi connectivity index (χ4v) is 2.85. The van der Waals surface area contributed by atoms with Crippen molar-refractivity contribution in [2.24, 2.45) is 0 Å². The van der Waals surface area contributed by atoms with Crippen LogP contribution in [-0.2, 0) is 13.0 Å². The fraction of sp³-hybridized carbons (Fsp3) is 0.227. The molecule has 0 N–H and O–H groups in total. The molecule has 0 fully saturated rings. The Labute approximate surface area is 160 Å².